The van der Waals surface area contributed by atoms with Crippen molar-refractivity contribution >= 4 is 39.1 Å². The summed E-state index contributed by atoms with van der Waals surface area (Å²) in [7, 11) is -2.87. The topological polar surface area (TPSA) is 66.5 Å². The largest absolute Gasteiger partial charge is 0.353 e. The van der Waals surface area contributed by atoms with Crippen molar-refractivity contribution in [3.05, 3.63) is 34.9 Å². The second kappa shape index (κ2) is 8.95. The molecule has 2 aliphatic heterocycles. The molecule has 1 amide bonds. The summed E-state index contributed by atoms with van der Waals surface area (Å²) in [5, 5.41) is 3.93. The Hall–Kier alpha value is -0.760. The number of piperidine rings is 1. The first-order valence-electron chi connectivity index (χ1n) is 8.98. The molecule has 2 heterocycles. The molecule has 1 unspecified atom stereocenters. The monoisotopic (exact) mass is 416 g/mol. The zero-order chi connectivity index (χ0) is 18.6. The predicted molar refractivity (Wildman–Crippen MR) is 107 cm³/mol. The first-order valence-corrected chi connectivity index (χ1v) is 12.2. The standard InChI is InChI=1S/C18H25ClN2O3S2/c19-15-3-1-14(2-4-15)11-21-8-5-16(6-9-21)20-18(22)12-25-17-7-10-26(23,24)13-17/h1-4,16-17H,5-13H2,(H,20,22). The van der Waals surface area contributed by atoms with Crippen molar-refractivity contribution in [3.63, 3.8) is 0 Å². The Bertz CT molecular complexity index is 716. The van der Waals surface area contributed by atoms with E-state index >= 15 is 0 Å². The van der Waals surface area contributed by atoms with Gasteiger partial charge in [-0.3, -0.25) is 9.69 Å². The summed E-state index contributed by atoms with van der Waals surface area (Å²) in [5.41, 5.74) is 1.25. The van der Waals surface area contributed by atoms with Gasteiger partial charge in [-0.15, -0.1) is 11.8 Å². The molecule has 1 aromatic carbocycles. The van der Waals surface area contributed by atoms with Crippen molar-refractivity contribution < 1.29 is 13.2 Å². The third-order valence-electron chi connectivity index (χ3n) is 4.91. The molecule has 0 spiro atoms. The van der Waals surface area contributed by atoms with E-state index in [4.69, 9.17) is 11.6 Å². The highest BCUT2D eigenvalue weighted by Crippen LogP contribution is 2.24. The van der Waals surface area contributed by atoms with Gasteiger partial charge in [-0.2, -0.15) is 0 Å². The SMILES string of the molecule is O=C(CSC1CCS(=O)(=O)C1)NC1CCN(Cc2ccc(Cl)cc2)CC1. The van der Waals surface area contributed by atoms with Gasteiger partial charge < -0.3 is 5.32 Å². The van der Waals surface area contributed by atoms with E-state index < -0.39 is 9.84 Å². The lowest BCUT2D eigenvalue weighted by Crippen LogP contribution is -2.45. The number of carbonyl (C=O) groups is 1. The van der Waals surface area contributed by atoms with Gasteiger partial charge in [0.1, 0.15) is 0 Å². The number of likely N-dealkylation sites (tertiary alicyclic amines) is 1. The number of hydrogen-bond donors (Lipinski definition) is 1. The average molecular weight is 417 g/mol. The van der Waals surface area contributed by atoms with Gasteiger partial charge in [-0.25, -0.2) is 8.42 Å². The summed E-state index contributed by atoms with van der Waals surface area (Å²) in [5.74, 6) is 0.854. The fraction of sp³-hybridized carbons (Fsp3) is 0.611. The Kier molecular flexibility index (Phi) is 6.88. The van der Waals surface area contributed by atoms with E-state index in [9.17, 15) is 13.2 Å². The van der Waals surface area contributed by atoms with E-state index in [1.54, 1.807) is 0 Å². The van der Waals surface area contributed by atoms with Crippen molar-refractivity contribution in [1.29, 1.82) is 0 Å². The van der Waals surface area contributed by atoms with E-state index in [0.29, 0.717) is 12.2 Å². The molecule has 2 saturated heterocycles. The van der Waals surface area contributed by atoms with Crippen LogP contribution in [-0.2, 0) is 21.2 Å². The van der Waals surface area contributed by atoms with E-state index in [1.807, 2.05) is 12.1 Å². The van der Waals surface area contributed by atoms with Gasteiger partial charge in [0.15, 0.2) is 9.84 Å². The number of nitrogens with zero attached hydrogens (tertiary/aromatic N) is 1. The van der Waals surface area contributed by atoms with Gasteiger partial charge in [0.25, 0.3) is 0 Å². The maximum absolute atomic E-state index is 12.1. The molecule has 2 aliphatic rings. The minimum absolute atomic E-state index is 0.0236. The lowest BCUT2D eigenvalue weighted by molar-refractivity contribution is -0.119. The molecule has 0 radical (unpaired) electrons. The maximum Gasteiger partial charge on any atom is 0.230 e. The summed E-state index contributed by atoms with van der Waals surface area (Å²) in [6.07, 6.45) is 2.56. The number of nitrogens with one attached hydrogen (secondary N) is 1. The summed E-state index contributed by atoms with van der Waals surface area (Å²) in [4.78, 5) is 14.5. The second-order valence-electron chi connectivity index (χ2n) is 7.08. The van der Waals surface area contributed by atoms with Crippen LogP contribution in [0.1, 0.15) is 24.8 Å². The number of rotatable bonds is 6. The number of amides is 1. The predicted octanol–water partition coefficient (Wildman–Crippen LogP) is 2.34. The van der Waals surface area contributed by atoms with Crippen LogP contribution in [0.3, 0.4) is 0 Å². The fourth-order valence-electron chi connectivity index (χ4n) is 3.44. The highest BCUT2D eigenvalue weighted by atomic mass is 35.5. The highest BCUT2D eigenvalue weighted by molar-refractivity contribution is 8.02. The highest BCUT2D eigenvalue weighted by Gasteiger charge is 2.29. The number of sulfone groups is 1. The van der Waals surface area contributed by atoms with Crippen molar-refractivity contribution in [2.45, 2.75) is 37.1 Å². The number of hydrogen-bond acceptors (Lipinski definition) is 5. The summed E-state index contributed by atoms with van der Waals surface area (Å²) >= 11 is 7.39. The molecular weight excluding hydrogens is 392 g/mol. The maximum atomic E-state index is 12.1. The van der Waals surface area contributed by atoms with Crippen LogP contribution in [0.2, 0.25) is 5.02 Å². The molecule has 144 valence electrons. The first-order chi connectivity index (χ1) is 12.4. The van der Waals surface area contributed by atoms with Gasteiger partial charge in [-0.1, -0.05) is 23.7 Å². The third-order valence-corrected chi connectivity index (χ3v) is 8.45. The normalized spacial score (nSPS) is 23.8. The van der Waals surface area contributed by atoms with Gasteiger partial charge in [0, 0.05) is 35.9 Å². The van der Waals surface area contributed by atoms with Gasteiger partial charge in [0.05, 0.1) is 17.3 Å². The van der Waals surface area contributed by atoms with Crippen molar-refractivity contribution in [1.82, 2.24) is 10.2 Å². The third kappa shape index (κ3) is 6.15. The minimum atomic E-state index is -2.87. The molecule has 1 aromatic rings. The number of thioether (sulfide) groups is 1. The van der Waals surface area contributed by atoms with Crippen LogP contribution in [-0.4, -0.2) is 60.9 Å². The Morgan fingerprint density at radius 1 is 1.19 bits per heavy atom. The van der Waals surface area contributed by atoms with E-state index in [1.165, 1.54) is 17.3 Å². The van der Waals surface area contributed by atoms with Crippen molar-refractivity contribution in [2.24, 2.45) is 0 Å². The molecule has 8 heteroatoms. The molecule has 2 fully saturated rings. The van der Waals surface area contributed by atoms with Crippen LogP contribution in [0.5, 0.6) is 0 Å². The molecular formula is C18H25ClN2O3S2. The molecule has 0 saturated carbocycles. The molecule has 1 N–H and O–H groups in total. The molecule has 0 bridgehead atoms. The number of benzene rings is 1. The van der Waals surface area contributed by atoms with Crippen molar-refractivity contribution in [2.75, 3.05) is 30.3 Å². The summed E-state index contributed by atoms with van der Waals surface area (Å²) in [6, 6.07) is 8.15. The smallest absolute Gasteiger partial charge is 0.230 e. The summed E-state index contributed by atoms with van der Waals surface area (Å²) in [6.45, 7) is 2.83. The Labute approximate surface area is 164 Å². The van der Waals surface area contributed by atoms with Crippen LogP contribution in [0.4, 0.5) is 0 Å². The van der Waals surface area contributed by atoms with E-state index in [2.05, 4.69) is 22.3 Å². The average Bonchev–Trinajstić information content (AvgIpc) is 2.96. The van der Waals surface area contributed by atoms with Crippen LogP contribution < -0.4 is 5.32 Å². The lowest BCUT2D eigenvalue weighted by Gasteiger charge is -2.32. The Balaban J connectivity index is 1.34. The molecule has 3 rings (SSSR count). The van der Waals surface area contributed by atoms with Crippen LogP contribution in [0.25, 0.3) is 0 Å². The molecule has 0 aliphatic carbocycles. The Morgan fingerprint density at radius 3 is 2.50 bits per heavy atom. The van der Waals surface area contributed by atoms with E-state index in [0.717, 1.165) is 37.5 Å². The molecule has 0 aromatic heterocycles. The molecule has 26 heavy (non-hydrogen) atoms. The van der Waals surface area contributed by atoms with Crippen LogP contribution >= 0.6 is 23.4 Å². The molecule has 1 atom stereocenters. The van der Waals surface area contributed by atoms with Crippen molar-refractivity contribution in [3.8, 4) is 0 Å². The van der Waals surface area contributed by atoms with E-state index in [-0.39, 0.29) is 28.7 Å². The van der Waals surface area contributed by atoms with Gasteiger partial charge in [-0.05, 0) is 37.0 Å². The summed E-state index contributed by atoms with van der Waals surface area (Å²) < 4.78 is 22.9. The molecule has 5 nitrogen and oxygen atoms in total. The van der Waals surface area contributed by atoms with Gasteiger partial charge in [0.2, 0.25) is 5.91 Å². The zero-order valence-electron chi connectivity index (χ0n) is 14.7. The minimum Gasteiger partial charge on any atom is -0.353 e. The second-order valence-corrected chi connectivity index (χ2v) is 11.0. The van der Waals surface area contributed by atoms with Crippen LogP contribution in [0.15, 0.2) is 24.3 Å². The zero-order valence-corrected chi connectivity index (χ0v) is 17.1. The first kappa shape index (κ1) is 20.0. The lowest BCUT2D eigenvalue weighted by atomic mass is 10.0. The Morgan fingerprint density at radius 2 is 1.88 bits per heavy atom. The fourth-order valence-corrected chi connectivity index (χ4v) is 7.02. The van der Waals surface area contributed by atoms with Crippen LogP contribution in [0, 0.1) is 0 Å². The number of carbonyl (C=O) groups excluding carboxylic acids is 1. The number of halogens is 1. The quantitative estimate of drug-likeness (QED) is 0.770. The van der Waals surface area contributed by atoms with Gasteiger partial charge >= 0.3 is 0 Å².